The van der Waals surface area contributed by atoms with Crippen molar-refractivity contribution < 1.29 is 19.1 Å². The summed E-state index contributed by atoms with van der Waals surface area (Å²) >= 11 is 0. The summed E-state index contributed by atoms with van der Waals surface area (Å²) in [6.45, 7) is 7.20. The third kappa shape index (κ3) is 3.91. The zero-order valence-electron chi connectivity index (χ0n) is 16.9. The molecule has 1 saturated heterocycles. The van der Waals surface area contributed by atoms with E-state index in [1.54, 1.807) is 14.2 Å². The predicted molar refractivity (Wildman–Crippen MR) is 107 cm³/mol. The van der Waals surface area contributed by atoms with E-state index in [1.165, 1.54) is 4.90 Å². The summed E-state index contributed by atoms with van der Waals surface area (Å²) in [7, 11) is 3.20. The lowest BCUT2D eigenvalue weighted by atomic mass is 10.0. The van der Waals surface area contributed by atoms with E-state index in [1.807, 2.05) is 24.3 Å². The molecule has 0 aromatic heterocycles. The van der Waals surface area contributed by atoms with Gasteiger partial charge in [-0.1, -0.05) is 25.1 Å². The molecule has 2 aliphatic heterocycles. The summed E-state index contributed by atoms with van der Waals surface area (Å²) < 4.78 is 10.6. The maximum absolute atomic E-state index is 13.3. The Morgan fingerprint density at radius 2 is 1.71 bits per heavy atom. The van der Waals surface area contributed by atoms with Gasteiger partial charge in [0.2, 0.25) is 0 Å². The van der Waals surface area contributed by atoms with E-state index in [0.29, 0.717) is 42.2 Å². The van der Waals surface area contributed by atoms with Crippen LogP contribution < -0.4 is 4.74 Å². The molecule has 0 bridgehead atoms. The highest BCUT2D eigenvalue weighted by Gasteiger charge is 2.42. The molecule has 0 saturated carbocycles. The Morgan fingerprint density at radius 3 is 2.36 bits per heavy atom. The van der Waals surface area contributed by atoms with Gasteiger partial charge in [0.05, 0.1) is 12.7 Å². The van der Waals surface area contributed by atoms with E-state index in [4.69, 9.17) is 9.47 Å². The average Bonchev–Trinajstić information content (AvgIpc) is 2.98. The fourth-order valence-corrected chi connectivity index (χ4v) is 3.81. The Morgan fingerprint density at radius 1 is 1.00 bits per heavy atom. The van der Waals surface area contributed by atoms with Crippen LogP contribution in [0.3, 0.4) is 0 Å². The summed E-state index contributed by atoms with van der Waals surface area (Å²) in [5.41, 5.74) is 1.62. The van der Waals surface area contributed by atoms with Crippen molar-refractivity contribution in [2.75, 3.05) is 60.1 Å². The molecule has 2 heterocycles. The van der Waals surface area contributed by atoms with Crippen LogP contribution in [0.2, 0.25) is 0 Å². The highest BCUT2D eigenvalue weighted by atomic mass is 16.5. The lowest BCUT2D eigenvalue weighted by Crippen LogP contribution is -2.47. The van der Waals surface area contributed by atoms with Gasteiger partial charge in [0.25, 0.3) is 11.8 Å². The Labute approximate surface area is 166 Å². The van der Waals surface area contributed by atoms with Crippen LogP contribution in [0.25, 0.3) is 5.57 Å². The fourth-order valence-electron chi connectivity index (χ4n) is 3.81. The molecule has 7 nitrogen and oxygen atoms in total. The zero-order valence-corrected chi connectivity index (χ0v) is 16.9. The van der Waals surface area contributed by atoms with Crippen molar-refractivity contribution >= 4 is 17.4 Å². The minimum absolute atomic E-state index is 0.216. The standard InChI is InChI=1S/C21H29N3O4/c1-4-22-11-13-23(14-12-22)19-18(16-8-5-6-9-17(16)28-3)20(25)24(21(19)26)10-7-15-27-2/h5-6,8-9H,4,7,10-15H2,1-3H3. The highest BCUT2D eigenvalue weighted by Crippen LogP contribution is 2.36. The van der Waals surface area contributed by atoms with E-state index in [-0.39, 0.29) is 11.8 Å². The number of carbonyl (C=O) groups excluding carboxylic acids is 2. The molecule has 2 aliphatic rings. The van der Waals surface area contributed by atoms with E-state index < -0.39 is 0 Å². The Hall–Kier alpha value is -2.38. The summed E-state index contributed by atoms with van der Waals surface area (Å²) in [6, 6.07) is 7.39. The van der Waals surface area contributed by atoms with Crippen LogP contribution in [0.1, 0.15) is 18.9 Å². The quantitative estimate of drug-likeness (QED) is 0.497. The number of carbonyl (C=O) groups is 2. The second-order valence-electron chi connectivity index (χ2n) is 6.95. The Bertz CT molecular complexity index is 754. The molecule has 1 aromatic carbocycles. The molecule has 0 unspecified atom stereocenters. The Kier molecular flexibility index (Phi) is 6.70. The largest absolute Gasteiger partial charge is 0.496 e. The number of nitrogens with zero attached hydrogens (tertiary/aromatic N) is 3. The second-order valence-corrected chi connectivity index (χ2v) is 6.95. The van der Waals surface area contributed by atoms with Gasteiger partial charge < -0.3 is 19.3 Å². The van der Waals surface area contributed by atoms with Gasteiger partial charge in [0.1, 0.15) is 11.4 Å². The van der Waals surface area contributed by atoms with E-state index in [0.717, 1.165) is 32.7 Å². The molecular formula is C21H29N3O4. The number of ether oxygens (including phenoxy) is 2. The molecule has 0 N–H and O–H groups in total. The van der Waals surface area contributed by atoms with Crippen LogP contribution in [0, 0.1) is 0 Å². The molecule has 28 heavy (non-hydrogen) atoms. The van der Waals surface area contributed by atoms with Crippen molar-refractivity contribution in [1.82, 2.24) is 14.7 Å². The molecule has 1 aromatic rings. The molecule has 7 heteroatoms. The first-order chi connectivity index (χ1) is 13.6. The van der Waals surface area contributed by atoms with Gasteiger partial charge in [-0.3, -0.25) is 14.5 Å². The average molecular weight is 387 g/mol. The topological polar surface area (TPSA) is 62.3 Å². The summed E-state index contributed by atoms with van der Waals surface area (Å²) in [5, 5.41) is 0. The van der Waals surface area contributed by atoms with Gasteiger partial charge >= 0.3 is 0 Å². The molecule has 3 rings (SSSR count). The summed E-state index contributed by atoms with van der Waals surface area (Å²) in [6.07, 6.45) is 0.615. The van der Waals surface area contributed by atoms with Crippen LogP contribution in [0.4, 0.5) is 0 Å². The number of benzene rings is 1. The van der Waals surface area contributed by atoms with Crippen molar-refractivity contribution in [3.05, 3.63) is 35.5 Å². The van der Waals surface area contributed by atoms with Gasteiger partial charge in [0, 0.05) is 52.0 Å². The first kappa shape index (κ1) is 20.4. The molecule has 2 amide bonds. The number of methoxy groups -OCH3 is 2. The third-order valence-electron chi connectivity index (χ3n) is 5.39. The predicted octanol–water partition coefficient (Wildman–Crippen LogP) is 1.45. The van der Waals surface area contributed by atoms with Crippen LogP contribution >= 0.6 is 0 Å². The zero-order chi connectivity index (χ0) is 20.1. The van der Waals surface area contributed by atoms with Gasteiger partial charge in [-0.25, -0.2) is 0 Å². The van der Waals surface area contributed by atoms with Crippen molar-refractivity contribution in [3.8, 4) is 5.75 Å². The number of para-hydroxylation sites is 1. The first-order valence-corrected chi connectivity index (χ1v) is 9.82. The molecule has 0 radical (unpaired) electrons. The molecule has 0 atom stereocenters. The first-order valence-electron chi connectivity index (χ1n) is 9.82. The van der Waals surface area contributed by atoms with Gasteiger partial charge in [-0.15, -0.1) is 0 Å². The number of hydrogen-bond acceptors (Lipinski definition) is 6. The van der Waals surface area contributed by atoms with Gasteiger partial charge in [-0.05, 0) is 19.0 Å². The fraction of sp³-hybridized carbons (Fsp3) is 0.524. The minimum Gasteiger partial charge on any atom is -0.496 e. The van der Waals surface area contributed by atoms with E-state index in [2.05, 4.69) is 16.7 Å². The lowest BCUT2D eigenvalue weighted by Gasteiger charge is -2.36. The van der Waals surface area contributed by atoms with Gasteiger partial charge in [0.15, 0.2) is 0 Å². The second kappa shape index (κ2) is 9.21. The van der Waals surface area contributed by atoms with Crippen molar-refractivity contribution in [1.29, 1.82) is 0 Å². The molecule has 0 spiro atoms. The van der Waals surface area contributed by atoms with Crippen molar-refractivity contribution in [3.63, 3.8) is 0 Å². The Balaban J connectivity index is 1.98. The molecule has 152 valence electrons. The van der Waals surface area contributed by atoms with E-state index >= 15 is 0 Å². The van der Waals surface area contributed by atoms with Crippen LogP contribution in [0.15, 0.2) is 30.0 Å². The number of rotatable bonds is 8. The number of likely N-dealkylation sites (N-methyl/N-ethyl adjacent to an activating group) is 1. The number of imide groups is 1. The highest BCUT2D eigenvalue weighted by molar-refractivity contribution is 6.36. The summed E-state index contributed by atoms with van der Waals surface area (Å²) in [4.78, 5) is 32.3. The number of piperazine rings is 1. The maximum Gasteiger partial charge on any atom is 0.277 e. The monoisotopic (exact) mass is 387 g/mol. The lowest BCUT2D eigenvalue weighted by molar-refractivity contribution is -0.137. The number of amides is 2. The van der Waals surface area contributed by atoms with Crippen molar-refractivity contribution in [2.45, 2.75) is 13.3 Å². The maximum atomic E-state index is 13.3. The smallest absolute Gasteiger partial charge is 0.277 e. The normalized spacial score (nSPS) is 18.4. The van der Waals surface area contributed by atoms with Crippen molar-refractivity contribution in [2.24, 2.45) is 0 Å². The molecule has 0 aliphatic carbocycles. The van der Waals surface area contributed by atoms with Crippen LogP contribution in [0.5, 0.6) is 5.75 Å². The van der Waals surface area contributed by atoms with Crippen LogP contribution in [-0.2, 0) is 14.3 Å². The molecule has 1 fully saturated rings. The SMILES string of the molecule is CCN1CCN(C2=C(c3ccccc3OC)C(=O)N(CCCOC)C2=O)CC1. The summed E-state index contributed by atoms with van der Waals surface area (Å²) in [5.74, 6) is 0.132. The number of hydrogen-bond donors (Lipinski definition) is 0. The molecular weight excluding hydrogens is 358 g/mol. The van der Waals surface area contributed by atoms with Crippen LogP contribution in [-0.4, -0.2) is 86.6 Å². The third-order valence-corrected chi connectivity index (χ3v) is 5.39. The van der Waals surface area contributed by atoms with Gasteiger partial charge in [-0.2, -0.15) is 0 Å². The minimum atomic E-state index is -0.251. The van der Waals surface area contributed by atoms with E-state index in [9.17, 15) is 9.59 Å².